The molecule has 1 unspecified atom stereocenters. The summed E-state index contributed by atoms with van der Waals surface area (Å²) in [6.07, 6.45) is -0.375. The highest BCUT2D eigenvalue weighted by Crippen LogP contribution is 2.22. The molecule has 0 aromatic carbocycles. The van der Waals surface area contributed by atoms with Gasteiger partial charge in [-0.3, -0.25) is 4.99 Å². The quantitative estimate of drug-likeness (QED) is 0.482. The minimum absolute atomic E-state index is 0.0582. The largest absolute Gasteiger partial charge is 0.480 e. The summed E-state index contributed by atoms with van der Waals surface area (Å²) >= 11 is 0. The molecule has 5 N–H and O–H groups in total. The van der Waals surface area contributed by atoms with Gasteiger partial charge in [0.1, 0.15) is 5.83 Å². The Morgan fingerprint density at radius 2 is 2.00 bits per heavy atom. The van der Waals surface area contributed by atoms with Gasteiger partial charge in [-0.15, -0.1) is 0 Å². The van der Waals surface area contributed by atoms with E-state index in [0.29, 0.717) is 0 Å². The monoisotopic (exact) mass is 235 g/mol. The van der Waals surface area contributed by atoms with E-state index in [1.165, 1.54) is 6.92 Å². The molecule has 16 heavy (non-hydrogen) atoms. The first-order valence-corrected chi connectivity index (χ1v) is 4.53. The van der Waals surface area contributed by atoms with Crippen LogP contribution < -0.4 is 11.5 Å². The van der Waals surface area contributed by atoms with E-state index in [4.69, 9.17) is 16.6 Å². The van der Waals surface area contributed by atoms with Gasteiger partial charge in [-0.05, 0) is 13.8 Å². The van der Waals surface area contributed by atoms with Gasteiger partial charge in [0, 0.05) is 13.0 Å². The van der Waals surface area contributed by atoms with E-state index in [2.05, 4.69) is 4.99 Å². The average Bonchev–Trinajstić information content (AvgIpc) is 2.15. The number of rotatable bonds is 5. The first kappa shape index (κ1) is 14.5. The second-order valence-corrected chi connectivity index (χ2v) is 3.50. The van der Waals surface area contributed by atoms with Crippen molar-refractivity contribution in [3.8, 4) is 0 Å². The number of carboxylic acid groups (broad SMARTS) is 1. The summed E-state index contributed by atoms with van der Waals surface area (Å²) in [6.45, 7) is 2.32. The summed E-state index contributed by atoms with van der Waals surface area (Å²) in [7, 11) is 0. The highest BCUT2D eigenvalue weighted by atomic mass is 19.2. The van der Waals surface area contributed by atoms with E-state index < -0.39 is 23.2 Å². The number of carboxylic acids is 1. The van der Waals surface area contributed by atoms with E-state index in [0.717, 1.165) is 6.92 Å². The molecule has 0 saturated heterocycles. The zero-order valence-corrected chi connectivity index (χ0v) is 9.13. The number of nitrogens with two attached hydrogens (primary N) is 2. The molecule has 5 nitrogen and oxygen atoms in total. The minimum Gasteiger partial charge on any atom is -0.480 e. The number of nitrogens with zero attached hydrogens (tertiary/aromatic N) is 1. The van der Waals surface area contributed by atoms with Crippen LogP contribution in [0.15, 0.2) is 16.6 Å². The average molecular weight is 235 g/mol. The van der Waals surface area contributed by atoms with E-state index in [1.54, 1.807) is 0 Å². The van der Waals surface area contributed by atoms with Crippen LogP contribution in [0.25, 0.3) is 0 Å². The van der Waals surface area contributed by atoms with Gasteiger partial charge >= 0.3 is 5.97 Å². The van der Waals surface area contributed by atoms with Crippen LogP contribution in [0.3, 0.4) is 0 Å². The van der Waals surface area contributed by atoms with Gasteiger partial charge in [-0.25, -0.2) is 13.6 Å². The SMILES string of the molecule is CC(N)=NCC/C(F)=C(/F)C(C)(N)C(=O)O. The summed E-state index contributed by atoms with van der Waals surface area (Å²) in [5.74, 6) is -4.12. The third kappa shape index (κ3) is 3.93. The molecule has 0 aliphatic rings. The van der Waals surface area contributed by atoms with Crippen LogP contribution in [0.4, 0.5) is 8.78 Å². The molecule has 0 rings (SSSR count). The number of aliphatic imine (C=N–C) groups is 1. The lowest BCUT2D eigenvalue weighted by molar-refractivity contribution is -0.141. The third-order valence-electron chi connectivity index (χ3n) is 1.83. The molecule has 0 saturated carbocycles. The van der Waals surface area contributed by atoms with Crippen molar-refractivity contribution < 1.29 is 18.7 Å². The van der Waals surface area contributed by atoms with Crippen LogP contribution in [0.1, 0.15) is 20.3 Å². The maximum Gasteiger partial charge on any atom is 0.330 e. The molecule has 0 radical (unpaired) electrons. The Kier molecular flexibility index (Phi) is 5.03. The summed E-state index contributed by atoms with van der Waals surface area (Å²) < 4.78 is 26.4. The second-order valence-electron chi connectivity index (χ2n) is 3.50. The van der Waals surface area contributed by atoms with Crippen molar-refractivity contribution >= 4 is 11.8 Å². The van der Waals surface area contributed by atoms with Crippen LogP contribution in [0.5, 0.6) is 0 Å². The number of carbonyl (C=O) groups is 1. The Hall–Kier alpha value is -1.50. The lowest BCUT2D eigenvalue weighted by Gasteiger charge is -2.17. The van der Waals surface area contributed by atoms with Crippen molar-refractivity contribution in [3.63, 3.8) is 0 Å². The Balaban J connectivity index is 4.71. The maximum absolute atomic E-state index is 13.3. The first-order valence-electron chi connectivity index (χ1n) is 4.53. The fraction of sp³-hybridized carbons (Fsp3) is 0.556. The van der Waals surface area contributed by atoms with Gasteiger partial charge in [0.15, 0.2) is 11.4 Å². The summed E-state index contributed by atoms with van der Waals surface area (Å²) in [4.78, 5) is 14.2. The third-order valence-corrected chi connectivity index (χ3v) is 1.83. The highest BCUT2D eigenvalue weighted by molar-refractivity contribution is 5.81. The number of aliphatic carboxylic acids is 1. The van der Waals surface area contributed by atoms with Gasteiger partial charge in [0.25, 0.3) is 0 Å². The molecule has 0 aromatic heterocycles. The Bertz CT molecular complexity index is 334. The summed E-state index contributed by atoms with van der Waals surface area (Å²) in [6, 6.07) is 0. The van der Waals surface area contributed by atoms with E-state index >= 15 is 0 Å². The fourth-order valence-corrected chi connectivity index (χ4v) is 0.816. The molecule has 0 aliphatic carbocycles. The van der Waals surface area contributed by atoms with Crippen LogP contribution >= 0.6 is 0 Å². The zero-order chi connectivity index (χ0) is 12.9. The van der Waals surface area contributed by atoms with Gasteiger partial charge in [0.2, 0.25) is 0 Å². The van der Waals surface area contributed by atoms with Crippen LogP contribution in [0, 0.1) is 0 Å². The topological polar surface area (TPSA) is 102 Å². The van der Waals surface area contributed by atoms with Crippen molar-refractivity contribution in [2.45, 2.75) is 25.8 Å². The normalized spacial score (nSPS) is 17.7. The van der Waals surface area contributed by atoms with Crippen molar-refractivity contribution in [2.24, 2.45) is 16.5 Å². The lowest BCUT2D eigenvalue weighted by atomic mass is 10.0. The zero-order valence-electron chi connectivity index (χ0n) is 9.13. The molecule has 1 atom stereocenters. The molecule has 0 aromatic rings. The highest BCUT2D eigenvalue weighted by Gasteiger charge is 2.36. The Morgan fingerprint density at radius 3 is 2.38 bits per heavy atom. The predicted octanol–water partition coefficient (Wildman–Crippen LogP) is 0.706. The van der Waals surface area contributed by atoms with Crippen molar-refractivity contribution in [1.82, 2.24) is 0 Å². The van der Waals surface area contributed by atoms with Gasteiger partial charge in [-0.1, -0.05) is 0 Å². The van der Waals surface area contributed by atoms with E-state index in [-0.39, 0.29) is 18.8 Å². The van der Waals surface area contributed by atoms with Crippen LogP contribution in [-0.4, -0.2) is 29.0 Å². The smallest absolute Gasteiger partial charge is 0.330 e. The molecule has 0 aliphatic heterocycles. The Morgan fingerprint density at radius 1 is 1.50 bits per heavy atom. The molecule has 0 amide bonds. The van der Waals surface area contributed by atoms with Crippen molar-refractivity contribution in [2.75, 3.05) is 6.54 Å². The van der Waals surface area contributed by atoms with E-state index in [9.17, 15) is 13.6 Å². The minimum atomic E-state index is -2.36. The van der Waals surface area contributed by atoms with Crippen LogP contribution in [0.2, 0.25) is 0 Å². The fourth-order valence-electron chi connectivity index (χ4n) is 0.816. The Labute approximate surface area is 91.8 Å². The molecule has 7 heteroatoms. The lowest BCUT2D eigenvalue weighted by Crippen LogP contribution is -2.46. The summed E-state index contributed by atoms with van der Waals surface area (Å²) in [5, 5.41) is 8.56. The summed E-state index contributed by atoms with van der Waals surface area (Å²) in [5.41, 5.74) is 7.93. The standard InChI is InChI=1S/C9H15F2N3O2/c1-5(12)14-4-3-6(10)7(11)9(2,13)8(15)16/h3-4,13H2,1-2H3,(H2,12,14)(H,15,16)/b7-6-. The molecule has 92 valence electrons. The van der Waals surface area contributed by atoms with E-state index in [1.807, 2.05) is 0 Å². The number of halogens is 2. The molecule has 0 heterocycles. The van der Waals surface area contributed by atoms with Gasteiger partial charge in [-0.2, -0.15) is 0 Å². The van der Waals surface area contributed by atoms with Crippen LogP contribution in [-0.2, 0) is 4.79 Å². The van der Waals surface area contributed by atoms with Crippen molar-refractivity contribution in [1.29, 1.82) is 0 Å². The second kappa shape index (κ2) is 5.55. The maximum atomic E-state index is 13.3. The van der Waals surface area contributed by atoms with Gasteiger partial charge < -0.3 is 16.6 Å². The predicted molar refractivity (Wildman–Crippen MR) is 56.3 cm³/mol. The molecular formula is C9H15F2N3O2. The molecule has 0 spiro atoms. The molecule has 0 bridgehead atoms. The molecule has 0 fully saturated rings. The number of amidine groups is 1. The van der Waals surface area contributed by atoms with Crippen molar-refractivity contribution in [3.05, 3.63) is 11.7 Å². The number of hydrogen-bond donors (Lipinski definition) is 3. The molecular weight excluding hydrogens is 220 g/mol. The number of hydrogen-bond acceptors (Lipinski definition) is 3. The van der Waals surface area contributed by atoms with Gasteiger partial charge in [0.05, 0.1) is 5.84 Å². The first-order chi connectivity index (χ1) is 7.19.